The second-order valence-electron chi connectivity index (χ2n) is 9.18. The molecule has 0 aliphatic carbocycles. The zero-order chi connectivity index (χ0) is 26.4. The highest BCUT2D eigenvalue weighted by Crippen LogP contribution is 2.42. The van der Waals surface area contributed by atoms with Gasteiger partial charge in [0.15, 0.2) is 11.5 Å². The lowest BCUT2D eigenvalue weighted by molar-refractivity contribution is -0.140. The van der Waals surface area contributed by atoms with E-state index in [-0.39, 0.29) is 29.4 Å². The van der Waals surface area contributed by atoms with Crippen molar-refractivity contribution in [2.45, 2.75) is 40.2 Å². The molecule has 0 saturated carbocycles. The number of hydrogen-bond donors (Lipinski definition) is 2. The van der Waals surface area contributed by atoms with Gasteiger partial charge in [-0.3, -0.25) is 9.59 Å². The van der Waals surface area contributed by atoms with E-state index in [1.54, 1.807) is 44.4 Å². The summed E-state index contributed by atoms with van der Waals surface area (Å²) in [7, 11) is 1.57. The van der Waals surface area contributed by atoms with Gasteiger partial charge in [-0.1, -0.05) is 19.9 Å². The number of nitrogens with zero attached hydrogens (tertiary/aromatic N) is 1. The molecule has 2 aromatic carbocycles. The van der Waals surface area contributed by atoms with Gasteiger partial charge in [0.25, 0.3) is 11.7 Å². The van der Waals surface area contributed by atoms with Gasteiger partial charge in [-0.15, -0.1) is 0 Å². The molecule has 1 heterocycles. The molecule has 2 aromatic rings. The number of rotatable bonds is 11. The van der Waals surface area contributed by atoms with Crippen LogP contribution in [-0.4, -0.2) is 60.3 Å². The fourth-order valence-electron chi connectivity index (χ4n) is 4.21. The molecule has 0 bridgehead atoms. The Labute approximate surface area is 212 Å². The summed E-state index contributed by atoms with van der Waals surface area (Å²) >= 11 is 0. The third-order valence-corrected chi connectivity index (χ3v) is 5.92. The molecule has 194 valence electrons. The average molecular weight is 498 g/mol. The second-order valence-corrected chi connectivity index (χ2v) is 9.18. The smallest absolute Gasteiger partial charge is 0.295 e. The van der Waals surface area contributed by atoms with Crippen LogP contribution in [0.4, 0.5) is 0 Å². The Morgan fingerprint density at radius 3 is 2.50 bits per heavy atom. The molecule has 8 heteroatoms. The quantitative estimate of drug-likeness (QED) is 0.202. The molecule has 0 radical (unpaired) electrons. The molecule has 8 nitrogen and oxygen atoms in total. The van der Waals surface area contributed by atoms with Crippen molar-refractivity contribution in [2.75, 3.05) is 33.5 Å². The molecule has 0 aromatic heterocycles. The lowest BCUT2D eigenvalue weighted by atomic mass is 9.93. The van der Waals surface area contributed by atoms with E-state index in [1.807, 2.05) is 6.92 Å². The first-order chi connectivity index (χ1) is 17.2. The van der Waals surface area contributed by atoms with Crippen LogP contribution in [0.2, 0.25) is 0 Å². The molecule has 1 saturated heterocycles. The van der Waals surface area contributed by atoms with Crippen LogP contribution in [0, 0.1) is 12.8 Å². The number of phenolic OH excluding ortho intramolecular Hbond substituents is 1. The van der Waals surface area contributed by atoms with Crippen molar-refractivity contribution in [2.24, 2.45) is 5.92 Å². The maximum Gasteiger partial charge on any atom is 0.295 e. The van der Waals surface area contributed by atoms with E-state index in [2.05, 4.69) is 13.8 Å². The average Bonchev–Trinajstić information content (AvgIpc) is 3.09. The van der Waals surface area contributed by atoms with Crippen molar-refractivity contribution < 1.29 is 34.0 Å². The van der Waals surface area contributed by atoms with E-state index < -0.39 is 17.7 Å². The molecule has 0 spiro atoms. The summed E-state index contributed by atoms with van der Waals surface area (Å²) in [6, 6.07) is 9.07. The number of hydrogen-bond acceptors (Lipinski definition) is 7. The fourth-order valence-corrected chi connectivity index (χ4v) is 4.21. The number of likely N-dealkylation sites (tertiary alicyclic amines) is 1. The van der Waals surface area contributed by atoms with Crippen LogP contribution in [0.5, 0.6) is 17.2 Å². The zero-order valence-electron chi connectivity index (χ0n) is 21.5. The van der Waals surface area contributed by atoms with Crippen LogP contribution < -0.4 is 9.47 Å². The number of carbonyl (C=O) groups excluding carboxylic acids is 2. The molecule has 0 unspecified atom stereocenters. The Morgan fingerprint density at radius 2 is 1.86 bits per heavy atom. The number of phenols is 1. The SMILES string of the molecule is CCOc1cc([C@@H]2C(=C(O)c3ccc(OCC(C)C)cc3C)C(=O)C(=O)N2CCCOC)ccc1O. The summed E-state index contributed by atoms with van der Waals surface area (Å²) in [5, 5.41) is 21.6. The van der Waals surface area contributed by atoms with E-state index >= 15 is 0 Å². The molecule has 1 fully saturated rings. The number of Topliss-reactive ketones (excluding diaryl/α,β-unsaturated/α-hetero) is 1. The summed E-state index contributed by atoms with van der Waals surface area (Å²) in [6.07, 6.45) is 0.511. The molecule has 1 aliphatic rings. The first kappa shape index (κ1) is 27.1. The first-order valence-corrected chi connectivity index (χ1v) is 12.2. The number of methoxy groups -OCH3 is 1. The summed E-state index contributed by atoms with van der Waals surface area (Å²) in [5.41, 5.74) is 1.68. The minimum absolute atomic E-state index is 0.00972. The topological polar surface area (TPSA) is 106 Å². The lowest BCUT2D eigenvalue weighted by Gasteiger charge is -2.26. The van der Waals surface area contributed by atoms with Crippen molar-refractivity contribution in [1.82, 2.24) is 4.90 Å². The van der Waals surface area contributed by atoms with Crippen molar-refractivity contribution in [3.05, 3.63) is 58.7 Å². The summed E-state index contributed by atoms with van der Waals surface area (Å²) in [4.78, 5) is 27.8. The third-order valence-electron chi connectivity index (χ3n) is 5.92. The van der Waals surface area contributed by atoms with Gasteiger partial charge >= 0.3 is 0 Å². The Morgan fingerprint density at radius 1 is 1.11 bits per heavy atom. The Bertz CT molecular complexity index is 1140. The first-order valence-electron chi connectivity index (χ1n) is 12.2. The summed E-state index contributed by atoms with van der Waals surface area (Å²) in [6.45, 7) is 9.26. The van der Waals surface area contributed by atoms with E-state index in [4.69, 9.17) is 14.2 Å². The molecule has 1 atom stereocenters. The van der Waals surface area contributed by atoms with Crippen LogP contribution in [0.1, 0.15) is 49.9 Å². The zero-order valence-corrected chi connectivity index (χ0v) is 21.5. The highest BCUT2D eigenvalue weighted by atomic mass is 16.5. The Kier molecular flexibility index (Phi) is 8.98. The molecule has 1 aliphatic heterocycles. The second kappa shape index (κ2) is 11.9. The van der Waals surface area contributed by atoms with Crippen LogP contribution >= 0.6 is 0 Å². The van der Waals surface area contributed by atoms with Crippen molar-refractivity contribution in [3.8, 4) is 17.2 Å². The van der Waals surface area contributed by atoms with Gasteiger partial charge in [0.2, 0.25) is 0 Å². The van der Waals surface area contributed by atoms with Gasteiger partial charge in [0, 0.05) is 25.8 Å². The monoisotopic (exact) mass is 497 g/mol. The van der Waals surface area contributed by atoms with E-state index in [9.17, 15) is 19.8 Å². The van der Waals surface area contributed by atoms with Crippen molar-refractivity contribution >= 4 is 17.4 Å². The van der Waals surface area contributed by atoms with Crippen LogP contribution in [0.3, 0.4) is 0 Å². The Balaban J connectivity index is 2.11. The molecule has 1 amide bonds. The summed E-state index contributed by atoms with van der Waals surface area (Å²) < 4.78 is 16.4. The number of amides is 1. The number of ether oxygens (including phenoxy) is 3. The molecular formula is C28H35NO7. The van der Waals surface area contributed by atoms with Gasteiger partial charge in [-0.2, -0.15) is 0 Å². The Hall–Kier alpha value is -3.52. The van der Waals surface area contributed by atoms with Crippen molar-refractivity contribution in [3.63, 3.8) is 0 Å². The highest BCUT2D eigenvalue weighted by Gasteiger charge is 2.46. The third kappa shape index (κ3) is 5.82. The standard InChI is InChI=1S/C28H35NO7/c1-6-35-23-15-19(8-11-22(23)30)25-24(27(32)28(33)29(25)12-7-13-34-5)26(31)21-10-9-20(14-18(21)4)36-16-17(2)3/h8-11,14-15,17,25,30-31H,6-7,12-13,16H2,1-5H3/t25-/m1/s1. The number of aliphatic hydroxyl groups excluding tert-OH is 1. The number of aliphatic hydroxyl groups is 1. The predicted molar refractivity (Wildman–Crippen MR) is 136 cm³/mol. The largest absolute Gasteiger partial charge is 0.507 e. The number of carbonyl (C=O) groups is 2. The van der Waals surface area contributed by atoms with Gasteiger partial charge in [-0.25, -0.2) is 0 Å². The minimum atomic E-state index is -0.849. The van der Waals surface area contributed by atoms with Gasteiger partial charge in [-0.05, 0) is 67.6 Å². The highest BCUT2D eigenvalue weighted by molar-refractivity contribution is 6.46. The van der Waals surface area contributed by atoms with E-state index in [0.717, 1.165) is 0 Å². The maximum atomic E-state index is 13.2. The number of aromatic hydroxyl groups is 1. The van der Waals surface area contributed by atoms with Gasteiger partial charge < -0.3 is 29.3 Å². The summed E-state index contributed by atoms with van der Waals surface area (Å²) in [5.74, 6) is -0.510. The van der Waals surface area contributed by atoms with E-state index in [0.29, 0.717) is 54.6 Å². The number of benzene rings is 2. The van der Waals surface area contributed by atoms with Crippen LogP contribution in [0.25, 0.3) is 5.76 Å². The minimum Gasteiger partial charge on any atom is -0.507 e. The molecule has 36 heavy (non-hydrogen) atoms. The van der Waals surface area contributed by atoms with Crippen molar-refractivity contribution in [1.29, 1.82) is 0 Å². The lowest BCUT2D eigenvalue weighted by Crippen LogP contribution is -2.31. The van der Waals surface area contributed by atoms with E-state index in [1.165, 1.54) is 11.0 Å². The number of ketones is 1. The number of aryl methyl sites for hydroxylation is 1. The molecule has 2 N–H and O–H groups in total. The van der Waals surface area contributed by atoms with Crippen LogP contribution in [-0.2, 0) is 14.3 Å². The maximum absolute atomic E-state index is 13.2. The molecule has 3 rings (SSSR count). The molecular weight excluding hydrogens is 462 g/mol. The fraction of sp³-hybridized carbons (Fsp3) is 0.429. The van der Waals surface area contributed by atoms with Gasteiger partial charge in [0.05, 0.1) is 24.8 Å². The normalized spacial score (nSPS) is 17.2. The van der Waals surface area contributed by atoms with Gasteiger partial charge in [0.1, 0.15) is 11.5 Å². The predicted octanol–water partition coefficient (Wildman–Crippen LogP) is 4.59. The van der Waals surface area contributed by atoms with Crippen LogP contribution in [0.15, 0.2) is 42.0 Å².